The fraction of sp³-hybridized carbons (Fsp3) is 0.312. The molecule has 0 saturated heterocycles. The molecule has 1 aromatic carbocycles. The lowest BCUT2D eigenvalue weighted by molar-refractivity contribution is -0.118. The van der Waals surface area contributed by atoms with Gasteiger partial charge >= 0.3 is 0 Å². The summed E-state index contributed by atoms with van der Waals surface area (Å²) in [4.78, 5) is 28.7. The molecular formula is C16H18ClN3O2S. The first-order valence-corrected chi connectivity index (χ1v) is 8.48. The van der Waals surface area contributed by atoms with Crippen molar-refractivity contribution in [3.8, 4) is 0 Å². The fourth-order valence-electron chi connectivity index (χ4n) is 2.02. The molecule has 23 heavy (non-hydrogen) atoms. The minimum absolute atomic E-state index is 0.257. The summed E-state index contributed by atoms with van der Waals surface area (Å²) in [5, 5.41) is 8.36. The van der Waals surface area contributed by atoms with Crippen LogP contribution in [-0.4, -0.2) is 22.8 Å². The lowest BCUT2D eigenvalue weighted by atomic mass is 10.0. The van der Waals surface area contributed by atoms with Crippen molar-refractivity contribution in [1.29, 1.82) is 0 Å². The predicted octanol–water partition coefficient (Wildman–Crippen LogP) is 3.58. The lowest BCUT2D eigenvalue weighted by Crippen LogP contribution is -2.44. The van der Waals surface area contributed by atoms with Crippen LogP contribution in [-0.2, 0) is 4.79 Å². The van der Waals surface area contributed by atoms with Crippen LogP contribution in [0.4, 0.5) is 5.13 Å². The van der Waals surface area contributed by atoms with Gasteiger partial charge in [0.2, 0.25) is 5.91 Å². The Labute approximate surface area is 144 Å². The van der Waals surface area contributed by atoms with E-state index in [4.69, 9.17) is 11.6 Å². The number of benzene rings is 1. The highest BCUT2D eigenvalue weighted by Crippen LogP contribution is 2.14. The van der Waals surface area contributed by atoms with Crippen molar-refractivity contribution in [1.82, 2.24) is 10.3 Å². The zero-order chi connectivity index (χ0) is 16.8. The molecule has 7 heteroatoms. The van der Waals surface area contributed by atoms with E-state index in [1.165, 1.54) is 11.3 Å². The van der Waals surface area contributed by atoms with Crippen molar-refractivity contribution in [2.75, 3.05) is 5.32 Å². The van der Waals surface area contributed by atoms with E-state index in [2.05, 4.69) is 15.6 Å². The highest BCUT2D eigenvalue weighted by atomic mass is 35.5. The van der Waals surface area contributed by atoms with Crippen molar-refractivity contribution in [2.45, 2.75) is 26.3 Å². The Morgan fingerprint density at radius 3 is 2.52 bits per heavy atom. The van der Waals surface area contributed by atoms with Crippen molar-refractivity contribution >= 4 is 39.9 Å². The Hall–Kier alpha value is -1.92. The number of carbonyl (C=O) groups excluding carboxylic acids is 2. The second-order valence-corrected chi connectivity index (χ2v) is 6.82. The van der Waals surface area contributed by atoms with E-state index >= 15 is 0 Å². The molecule has 1 heterocycles. The smallest absolute Gasteiger partial charge is 0.251 e. The molecule has 0 radical (unpaired) electrons. The van der Waals surface area contributed by atoms with Crippen LogP contribution in [0.5, 0.6) is 0 Å². The maximum absolute atomic E-state index is 12.4. The summed E-state index contributed by atoms with van der Waals surface area (Å²) in [7, 11) is 0. The summed E-state index contributed by atoms with van der Waals surface area (Å²) in [5.74, 6) is -0.315. The largest absolute Gasteiger partial charge is 0.340 e. The van der Waals surface area contributed by atoms with Crippen LogP contribution < -0.4 is 10.6 Å². The van der Waals surface area contributed by atoms with Crippen LogP contribution in [0.15, 0.2) is 35.8 Å². The molecule has 2 N–H and O–H groups in total. The topological polar surface area (TPSA) is 71.1 Å². The molecule has 1 aromatic heterocycles. The molecule has 2 rings (SSSR count). The van der Waals surface area contributed by atoms with Gasteiger partial charge in [-0.25, -0.2) is 4.98 Å². The number of hydrogen-bond donors (Lipinski definition) is 2. The van der Waals surface area contributed by atoms with Crippen LogP contribution in [0.25, 0.3) is 0 Å². The molecule has 0 aliphatic heterocycles. The highest BCUT2D eigenvalue weighted by Gasteiger charge is 2.23. The summed E-state index contributed by atoms with van der Waals surface area (Å²) < 4.78 is 0. The van der Waals surface area contributed by atoms with E-state index in [0.717, 1.165) is 0 Å². The molecule has 2 aromatic rings. The maximum atomic E-state index is 12.4. The third-order valence-electron chi connectivity index (χ3n) is 3.10. The van der Waals surface area contributed by atoms with E-state index in [1.807, 2.05) is 13.8 Å². The van der Waals surface area contributed by atoms with Gasteiger partial charge in [0, 0.05) is 22.2 Å². The number of aromatic nitrogens is 1. The number of hydrogen-bond acceptors (Lipinski definition) is 4. The maximum Gasteiger partial charge on any atom is 0.251 e. The van der Waals surface area contributed by atoms with Crippen LogP contribution in [0.1, 0.15) is 30.6 Å². The summed E-state index contributed by atoms with van der Waals surface area (Å²) in [5.41, 5.74) is 0.463. The lowest BCUT2D eigenvalue weighted by Gasteiger charge is -2.19. The minimum Gasteiger partial charge on any atom is -0.340 e. The molecule has 0 fully saturated rings. The van der Waals surface area contributed by atoms with Gasteiger partial charge in [0.05, 0.1) is 0 Å². The number of nitrogens with zero attached hydrogens (tertiary/aromatic N) is 1. The van der Waals surface area contributed by atoms with Crippen molar-refractivity contribution in [3.05, 3.63) is 46.4 Å². The van der Waals surface area contributed by atoms with Crippen LogP contribution in [0, 0.1) is 5.92 Å². The molecule has 0 aliphatic carbocycles. The normalized spacial score (nSPS) is 12.0. The Morgan fingerprint density at radius 2 is 1.96 bits per heavy atom. The van der Waals surface area contributed by atoms with Gasteiger partial charge < -0.3 is 10.6 Å². The summed E-state index contributed by atoms with van der Waals surface area (Å²) in [6.45, 7) is 4.00. The van der Waals surface area contributed by atoms with Crippen LogP contribution in [0.3, 0.4) is 0 Å². The van der Waals surface area contributed by atoms with Gasteiger partial charge in [-0.15, -0.1) is 11.3 Å². The van der Waals surface area contributed by atoms with Crippen LogP contribution in [0.2, 0.25) is 5.02 Å². The number of rotatable bonds is 6. The van der Waals surface area contributed by atoms with Gasteiger partial charge in [-0.3, -0.25) is 9.59 Å². The van der Waals surface area contributed by atoms with Crippen molar-refractivity contribution < 1.29 is 9.59 Å². The average Bonchev–Trinajstić information content (AvgIpc) is 2.99. The van der Waals surface area contributed by atoms with E-state index in [-0.39, 0.29) is 17.7 Å². The summed E-state index contributed by atoms with van der Waals surface area (Å²) >= 11 is 7.15. The zero-order valence-corrected chi connectivity index (χ0v) is 14.4. The SMILES string of the molecule is CC(C)CC(NC(=O)c1ccc(Cl)cc1)C(=O)Nc1nccs1. The number of amides is 2. The van der Waals surface area contributed by atoms with E-state index < -0.39 is 6.04 Å². The number of halogens is 1. The third kappa shape index (κ3) is 5.33. The number of nitrogens with one attached hydrogen (secondary N) is 2. The van der Waals surface area contributed by atoms with Gasteiger partial charge in [-0.2, -0.15) is 0 Å². The molecule has 5 nitrogen and oxygen atoms in total. The molecule has 0 bridgehead atoms. The van der Waals surface area contributed by atoms with E-state index in [0.29, 0.717) is 22.1 Å². The predicted molar refractivity (Wildman–Crippen MR) is 92.9 cm³/mol. The Bertz CT molecular complexity index is 656. The Morgan fingerprint density at radius 1 is 1.26 bits per heavy atom. The number of anilines is 1. The van der Waals surface area contributed by atoms with Crippen molar-refractivity contribution in [3.63, 3.8) is 0 Å². The molecule has 2 amide bonds. The zero-order valence-electron chi connectivity index (χ0n) is 12.9. The second kappa shape index (κ2) is 8.08. The molecule has 0 aliphatic rings. The monoisotopic (exact) mass is 351 g/mol. The molecule has 1 unspecified atom stereocenters. The number of thiazole rings is 1. The second-order valence-electron chi connectivity index (χ2n) is 5.49. The van der Waals surface area contributed by atoms with Crippen molar-refractivity contribution in [2.24, 2.45) is 5.92 Å². The quantitative estimate of drug-likeness (QED) is 0.835. The molecular weight excluding hydrogens is 334 g/mol. The number of carbonyl (C=O) groups is 2. The third-order valence-corrected chi connectivity index (χ3v) is 4.04. The Balaban J connectivity index is 2.06. The molecule has 122 valence electrons. The Kier molecular flexibility index (Phi) is 6.12. The van der Waals surface area contributed by atoms with Gasteiger partial charge in [0.15, 0.2) is 5.13 Å². The molecule has 0 saturated carbocycles. The first-order chi connectivity index (χ1) is 11.0. The average molecular weight is 352 g/mol. The highest BCUT2D eigenvalue weighted by molar-refractivity contribution is 7.13. The minimum atomic E-state index is -0.623. The molecule has 1 atom stereocenters. The summed E-state index contributed by atoms with van der Waals surface area (Å²) in [6.07, 6.45) is 2.15. The standard InChI is InChI=1S/C16H18ClN3O2S/c1-10(2)9-13(15(22)20-16-18-7-8-23-16)19-14(21)11-3-5-12(17)6-4-11/h3-8,10,13H,9H2,1-2H3,(H,19,21)(H,18,20,22). The van der Waals surface area contributed by atoms with E-state index in [1.54, 1.807) is 35.8 Å². The first kappa shape index (κ1) is 17.4. The van der Waals surface area contributed by atoms with Crippen LogP contribution >= 0.6 is 22.9 Å². The fourth-order valence-corrected chi connectivity index (χ4v) is 2.68. The summed E-state index contributed by atoms with van der Waals surface area (Å²) in [6, 6.07) is 5.92. The molecule has 0 spiro atoms. The van der Waals surface area contributed by atoms with E-state index in [9.17, 15) is 9.59 Å². The van der Waals surface area contributed by atoms with Gasteiger partial charge in [0.1, 0.15) is 6.04 Å². The first-order valence-electron chi connectivity index (χ1n) is 7.22. The van der Waals surface area contributed by atoms with Gasteiger partial charge in [0.25, 0.3) is 5.91 Å². The van der Waals surface area contributed by atoms with Gasteiger partial charge in [-0.05, 0) is 36.6 Å². The van der Waals surface area contributed by atoms with Gasteiger partial charge in [-0.1, -0.05) is 25.4 Å².